The van der Waals surface area contributed by atoms with Crippen molar-refractivity contribution in [1.82, 2.24) is 15.5 Å². The normalized spacial score (nSPS) is 10.2. The van der Waals surface area contributed by atoms with Crippen LogP contribution in [-0.4, -0.2) is 22.6 Å². The topological polar surface area (TPSA) is 66.9 Å². The molecular weight excluding hydrogens is 271 g/mol. The van der Waals surface area contributed by atoms with Crippen LogP contribution in [-0.2, 0) is 6.54 Å². The summed E-state index contributed by atoms with van der Waals surface area (Å²) < 4.78 is 12.8. The van der Waals surface area contributed by atoms with Gasteiger partial charge in [-0.1, -0.05) is 19.1 Å². The van der Waals surface area contributed by atoms with Gasteiger partial charge in [-0.2, -0.15) is 0 Å². The zero-order valence-corrected chi connectivity index (χ0v) is 11.8. The van der Waals surface area contributed by atoms with Crippen LogP contribution in [0.4, 0.5) is 10.2 Å². The lowest BCUT2D eigenvalue weighted by atomic mass is 10.2. The zero-order valence-electron chi connectivity index (χ0n) is 11.8. The lowest BCUT2D eigenvalue weighted by Gasteiger charge is -2.06. The Balaban J connectivity index is 1.89. The Kier molecular flexibility index (Phi) is 5.20. The summed E-state index contributed by atoms with van der Waals surface area (Å²) in [5, 5.41) is 13.6. The number of nitrogens with zero attached hydrogens (tertiary/aromatic N) is 2. The summed E-state index contributed by atoms with van der Waals surface area (Å²) in [6, 6.07) is 9.30. The van der Waals surface area contributed by atoms with E-state index in [1.165, 1.54) is 12.1 Å². The zero-order chi connectivity index (χ0) is 15.1. The molecule has 110 valence electrons. The summed E-state index contributed by atoms with van der Waals surface area (Å²) in [6.45, 7) is 3.18. The molecule has 2 N–H and O–H groups in total. The fourth-order valence-corrected chi connectivity index (χ4v) is 1.68. The van der Waals surface area contributed by atoms with Crippen LogP contribution in [0, 0.1) is 5.82 Å². The van der Waals surface area contributed by atoms with Crippen molar-refractivity contribution >= 4 is 11.7 Å². The Bertz CT molecular complexity index is 584. The summed E-state index contributed by atoms with van der Waals surface area (Å²) in [5.74, 6) is 0.0342. The van der Waals surface area contributed by atoms with E-state index in [0.717, 1.165) is 18.5 Å². The van der Waals surface area contributed by atoms with Crippen LogP contribution in [0.1, 0.15) is 29.4 Å². The van der Waals surface area contributed by atoms with Gasteiger partial charge in [0.1, 0.15) is 11.6 Å². The molecule has 1 aromatic carbocycles. The van der Waals surface area contributed by atoms with Crippen LogP contribution in [0.2, 0.25) is 0 Å². The highest BCUT2D eigenvalue weighted by Crippen LogP contribution is 2.04. The monoisotopic (exact) mass is 288 g/mol. The van der Waals surface area contributed by atoms with Crippen LogP contribution >= 0.6 is 0 Å². The average Bonchev–Trinajstić information content (AvgIpc) is 2.52. The van der Waals surface area contributed by atoms with Gasteiger partial charge >= 0.3 is 0 Å². The number of benzene rings is 1. The molecule has 0 bridgehead atoms. The summed E-state index contributed by atoms with van der Waals surface area (Å²) in [6.07, 6.45) is 0.988. The van der Waals surface area contributed by atoms with Gasteiger partial charge in [-0.15, -0.1) is 10.2 Å². The van der Waals surface area contributed by atoms with Gasteiger partial charge in [0.05, 0.1) is 0 Å². The smallest absolute Gasteiger partial charge is 0.272 e. The summed E-state index contributed by atoms with van der Waals surface area (Å²) >= 11 is 0. The van der Waals surface area contributed by atoms with Crippen LogP contribution in [0.25, 0.3) is 0 Å². The van der Waals surface area contributed by atoms with E-state index in [1.807, 2.05) is 0 Å². The largest absolute Gasteiger partial charge is 0.369 e. The van der Waals surface area contributed by atoms with Gasteiger partial charge in [0.15, 0.2) is 5.69 Å². The molecule has 0 fully saturated rings. The number of aromatic nitrogens is 2. The third kappa shape index (κ3) is 4.52. The van der Waals surface area contributed by atoms with Crippen LogP contribution in [0.15, 0.2) is 36.4 Å². The first kappa shape index (κ1) is 14.9. The lowest BCUT2D eigenvalue weighted by molar-refractivity contribution is 0.0945. The maximum atomic E-state index is 12.8. The molecule has 6 heteroatoms. The van der Waals surface area contributed by atoms with E-state index in [4.69, 9.17) is 0 Å². The highest BCUT2D eigenvalue weighted by Gasteiger charge is 2.07. The second-order valence-electron chi connectivity index (χ2n) is 4.54. The third-order valence-corrected chi connectivity index (χ3v) is 2.82. The number of hydrogen-bond donors (Lipinski definition) is 2. The van der Waals surface area contributed by atoms with E-state index in [0.29, 0.717) is 12.4 Å². The van der Waals surface area contributed by atoms with Gasteiger partial charge in [-0.05, 0) is 36.2 Å². The molecule has 2 rings (SSSR count). The minimum absolute atomic E-state index is 0.249. The van der Waals surface area contributed by atoms with E-state index < -0.39 is 0 Å². The Morgan fingerprint density at radius 2 is 1.90 bits per heavy atom. The number of hydrogen-bond acceptors (Lipinski definition) is 4. The Labute approximate surface area is 122 Å². The van der Waals surface area contributed by atoms with Crippen molar-refractivity contribution in [3.63, 3.8) is 0 Å². The number of carbonyl (C=O) groups is 1. The molecule has 1 aromatic heterocycles. The predicted octanol–water partition coefficient (Wildman–Crippen LogP) is 2.37. The van der Waals surface area contributed by atoms with Gasteiger partial charge in [-0.3, -0.25) is 4.79 Å². The first-order valence-corrected chi connectivity index (χ1v) is 6.79. The van der Waals surface area contributed by atoms with Crippen molar-refractivity contribution in [3.05, 3.63) is 53.5 Å². The second kappa shape index (κ2) is 7.33. The molecule has 5 nitrogen and oxygen atoms in total. The maximum absolute atomic E-state index is 12.8. The lowest BCUT2D eigenvalue weighted by Crippen LogP contribution is -2.24. The fraction of sp³-hybridized carbons (Fsp3) is 0.267. The number of halogens is 1. The molecule has 2 aromatic rings. The SMILES string of the molecule is CCCNc1ccc(C(=O)NCc2ccc(F)cc2)nn1. The highest BCUT2D eigenvalue weighted by atomic mass is 19.1. The molecule has 1 amide bonds. The number of carbonyl (C=O) groups excluding carboxylic acids is 1. The van der Waals surface area contributed by atoms with Crippen LogP contribution < -0.4 is 10.6 Å². The molecule has 0 saturated heterocycles. The van der Waals surface area contributed by atoms with E-state index in [1.54, 1.807) is 24.3 Å². The van der Waals surface area contributed by atoms with E-state index in [9.17, 15) is 9.18 Å². The molecule has 1 heterocycles. The average molecular weight is 288 g/mol. The predicted molar refractivity (Wildman–Crippen MR) is 78.4 cm³/mol. The maximum Gasteiger partial charge on any atom is 0.272 e. The third-order valence-electron chi connectivity index (χ3n) is 2.82. The van der Waals surface area contributed by atoms with Gasteiger partial charge in [0.25, 0.3) is 5.91 Å². The Hall–Kier alpha value is -2.50. The number of rotatable bonds is 6. The van der Waals surface area contributed by atoms with Gasteiger partial charge in [0.2, 0.25) is 0 Å². The summed E-state index contributed by atoms with van der Waals surface area (Å²) in [7, 11) is 0. The van der Waals surface area contributed by atoms with Crippen LogP contribution in [0.5, 0.6) is 0 Å². The van der Waals surface area contributed by atoms with Crippen molar-refractivity contribution < 1.29 is 9.18 Å². The van der Waals surface area contributed by atoms with Crippen molar-refractivity contribution in [1.29, 1.82) is 0 Å². The van der Waals surface area contributed by atoms with Crippen LogP contribution in [0.3, 0.4) is 0 Å². The van der Waals surface area contributed by atoms with Crippen molar-refractivity contribution in [2.75, 3.05) is 11.9 Å². The number of nitrogens with one attached hydrogen (secondary N) is 2. The number of amides is 1. The van der Waals surface area contributed by atoms with E-state index in [2.05, 4.69) is 27.8 Å². The molecule has 0 unspecified atom stereocenters. The summed E-state index contributed by atoms with van der Waals surface area (Å²) in [5.41, 5.74) is 1.07. The van der Waals surface area contributed by atoms with E-state index >= 15 is 0 Å². The first-order valence-electron chi connectivity index (χ1n) is 6.79. The van der Waals surface area contributed by atoms with Gasteiger partial charge in [-0.25, -0.2) is 4.39 Å². The molecule has 0 aliphatic rings. The molecule has 21 heavy (non-hydrogen) atoms. The fourth-order valence-electron chi connectivity index (χ4n) is 1.68. The minimum Gasteiger partial charge on any atom is -0.369 e. The summed E-state index contributed by atoms with van der Waals surface area (Å²) in [4.78, 5) is 11.9. The molecule has 0 aliphatic heterocycles. The van der Waals surface area contributed by atoms with Gasteiger partial charge in [0, 0.05) is 13.1 Å². The number of anilines is 1. The standard InChI is InChI=1S/C15H17FN4O/c1-2-9-17-14-8-7-13(19-20-14)15(21)18-10-11-3-5-12(16)6-4-11/h3-8H,2,9-10H2,1H3,(H,17,20)(H,18,21). The van der Waals surface area contributed by atoms with Crippen molar-refractivity contribution in [2.45, 2.75) is 19.9 Å². The molecule has 0 saturated carbocycles. The highest BCUT2D eigenvalue weighted by molar-refractivity contribution is 5.92. The first-order chi connectivity index (χ1) is 10.2. The minimum atomic E-state index is -0.311. The quantitative estimate of drug-likeness (QED) is 0.856. The molecule has 0 aliphatic carbocycles. The molecule has 0 atom stereocenters. The Morgan fingerprint density at radius 1 is 1.14 bits per heavy atom. The van der Waals surface area contributed by atoms with Crippen molar-refractivity contribution in [2.24, 2.45) is 0 Å². The van der Waals surface area contributed by atoms with Crippen molar-refractivity contribution in [3.8, 4) is 0 Å². The molecule has 0 spiro atoms. The molecular formula is C15H17FN4O. The second-order valence-corrected chi connectivity index (χ2v) is 4.54. The Morgan fingerprint density at radius 3 is 2.52 bits per heavy atom. The van der Waals surface area contributed by atoms with E-state index in [-0.39, 0.29) is 17.4 Å². The molecule has 0 radical (unpaired) electrons. The van der Waals surface area contributed by atoms with Gasteiger partial charge < -0.3 is 10.6 Å².